The van der Waals surface area contributed by atoms with E-state index < -0.39 is 18.2 Å². The Morgan fingerprint density at radius 2 is 1.14 bits per heavy atom. The average molecular weight is 503 g/mol. The molecular formula is C32H39O3P. The summed E-state index contributed by atoms with van der Waals surface area (Å²) in [6, 6.07) is 16.6. The Hall–Kier alpha value is -2.77. The van der Waals surface area contributed by atoms with E-state index in [2.05, 4.69) is 26.0 Å². The van der Waals surface area contributed by atoms with E-state index in [1.165, 1.54) is 0 Å². The van der Waals surface area contributed by atoms with Gasteiger partial charge in [-0.05, 0) is 66.3 Å². The van der Waals surface area contributed by atoms with Gasteiger partial charge >= 0.3 is 0 Å². The molecule has 4 heteroatoms. The van der Waals surface area contributed by atoms with Crippen molar-refractivity contribution >= 4 is 23.5 Å². The van der Waals surface area contributed by atoms with Crippen molar-refractivity contribution in [2.75, 3.05) is 0 Å². The van der Waals surface area contributed by atoms with Gasteiger partial charge in [-0.3, -0.25) is 9.59 Å². The van der Waals surface area contributed by atoms with Gasteiger partial charge in [0, 0.05) is 16.4 Å². The van der Waals surface area contributed by atoms with Crippen LogP contribution in [0.1, 0.15) is 113 Å². The van der Waals surface area contributed by atoms with Gasteiger partial charge in [0.25, 0.3) is 0 Å². The quantitative estimate of drug-likeness (QED) is 0.290. The Kier molecular flexibility index (Phi) is 8.26. The van der Waals surface area contributed by atoms with E-state index in [4.69, 9.17) is 0 Å². The molecule has 0 aliphatic rings. The van der Waals surface area contributed by atoms with Crippen molar-refractivity contribution in [1.29, 1.82) is 0 Å². The predicted octanol–water partition coefficient (Wildman–Crippen LogP) is 8.65. The highest BCUT2D eigenvalue weighted by atomic mass is 31.2. The van der Waals surface area contributed by atoms with Crippen LogP contribution >= 0.6 is 7.14 Å². The third-order valence-electron chi connectivity index (χ3n) is 6.90. The van der Waals surface area contributed by atoms with Gasteiger partial charge in [0.2, 0.25) is 18.2 Å². The monoisotopic (exact) mass is 502 g/mol. The molecule has 0 fully saturated rings. The molecule has 3 rings (SSSR count). The second kappa shape index (κ2) is 10.7. The van der Waals surface area contributed by atoms with Crippen LogP contribution in [0, 0.1) is 20.8 Å². The zero-order valence-corrected chi connectivity index (χ0v) is 24.0. The number of carbonyl (C=O) groups excluding carboxylic acids is 2. The first-order valence-corrected chi connectivity index (χ1v) is 14.5. The average Bonchev–Trinajstić information content (AvgIpc) is 2.81. The molecule has 0 saturated carbocycles. The lowest BCUT2D eigenvalue weighted by atomic mass is 9.89. The van der Waals surface area contributed by atoms with Gasteiger partial charge < -0.3 is 4.57 Å². The summed E-state index contributed by atoms with van der Waals surface area (Å²) in [7, 11) is -4.28. The maximum Gasteiger partial charge on any atom is 0.249 e. The maximum absolute atomic E-state index is 15.4. The molecule has 1 unspecified atom stereocenters. The van der Waals surface area contributed by atoms with Gasteiger partial charge in [-0.1, -0.05) is 102 Å². The SMILES string of the molecule is Cc1cc(C)c(C(=O)P(=O)(C(=O)c2ccccc2)c2c(C(C)C)cc(C(C)C)cc2C(C)C)c(C)c1. The molecule has 0 saturated heterocycles. The van der Waals surface area contributed by atoms with Crippen LogP contribution in [0.15, 0.2) is 54.6 Å². The van der Waals surface area contributed by atoms with Crippen molar-refractivity contribution in [3.63, 3.8) is 0 Å². The van der Waals surface area contributed by atoms with Crippen LogP contribution in [0.4, 0.5) is 0 Å². The van der Waals surface area contributed by atoms with Crippen LogP contribution < -0.4 is 5.30 Å². The van der Waals surface area contributed by atoms with E-state index in [0.29, 0.717) is 16.4 Å². The van der Waals surface area contributed by atoms with Crippen LogP contribution in [0.3, 0.4) is 0 Å². The number of rotatable bonds is 8. The summed E-state index contributed by atoms with van der Waals surface area (Å²) in [5, 5.41) is 0.440. The maximum atomic E-state index is 15.4. The van der Waals surface area contributed by atoms with Crippen molar-refractivity contribution in [3.05, 3.63) is 99.1 Å². The number of hydrogen-bond donors (Lipinski definition) is 0. The fraction of sp³-hybridized carbons (Fsp3) is 0.375. The zero-order chi connectivity index (χ0) is 26.9. The van der Waals surface area contributed by atoms with Gasteiger partial charge in [-0.2, -0.15) is 0 Å². The molecule has 0 heterocycles. The first-order chi connectivity index (χ1) is 16.8. The molecule has 3 aromatic carbocycles. The Morgan fingerprint density at radius 1 is 0.667 bits per heavy atom. The topological polar surface area (TPSA) is 51.2 Å². The van der Waals surface area contributed by atoms with Crippen LogP contribution in [-0.2, 0) is 4.57 Å². The molecule has 0 aliphatic heterocycles. The molecule has 0 radical (unpaired) electrons. The molecule has 0 bridgehead atoms. The van der Waals surface area contributed by atoms with E-state index in [0.717, 1.165) is 33.4 Å². The largest absolute Gasteiger partial charge is 0.302 e. The summed E-state index contributed by atoms with van der Waals surface area (Å²) in [6.07, 6.45) is 0. The van der Waals surface area contributed by atoms with Crippen molar-refractivity contribution < 1.29 is 14.2 Å². The Balaban J connectivity index is 2.51. The summed E-state index contributed by atoms with van der Waals surface area (Å²) in [4.78, 5) is 28.8. The van der Waals surface area contributed by atoms with E-state index in [1.807, 2.05) is 66.7 Å². The standard InChI is InChI=1S/C32H39O3P/c1-19(2)26-17-27(20(3)4)30(28(18-26)21(5)6)36(35,31(33)25-13-11-10-12-14-25)32(34)29-23(8)15-22(7)16-24(29)9/h10-21H,1-9H3. The number of carbonyl (C=O) groups is 2. The Morgan fingerprint density at radius 3 is 1.56 bits per heavy atom. The summed E-state index contributed by atoms with van der Waals surface area (Å²) in [5.41, 5.74) is 4.84. The Labute approximate surface area is 216 Å². The minimum Gasteiger partial charge on any atom is -0.302 e. The summed E-state index contributed by atoms with van der Waals surface area (Å²) >= 11 is 0. The number of hydrogen-bond acceptors (Lipinski definition) is 3. The molecule has 0 spiro atoms. The normalized spacial score (nSPS) is 13.3. The van der Waals surface area contributed by atoms with Gasteiger partial charge in [-0.15, -0.1) is 0 Å². The van der Waals surface area contributed by atoms with E-state index in [9.17, 15) is 9.59 Å². The number of benzene rings is 3. The molecule has 1 atom stereocenters. The van der Waals surface area contributed by atoms with Crippen LogP contribution in [0.2, 0.25) is 0 Å². The highest BCUT2D eigenvalue weighted by molar-refractivity contribution is 8.01. The first-order valence-electron chi connectivity index (χ1n) is 12.8. The third-order valence-corrected chi connectivity index (χ3v) is 9.67. The minimum absolute atomic E-state index is 0.0129. The van der Waals surface area contributed by atoms with Gasteiger partial charge in [0.1, 0.15) is 0 Å². The van der Waals surface area contributed by atoms with Crippen molar-refractivity contribution in [2.45, 2.75) is 80.1 Å². The smallest absolute Gasteiger partial charge is 0.249 e. The third kappa shape index (κ3) is 5.04. The van der Waals surface area contributed by atoms with Crippen LogP contribution in [0.5, 0.6) is 0 Å². The molecular weight excluding hydrogens is 463 g/mol. The van der Waals surface area contributed by atoms with Crippen molar-refractivity contribution in [1.82, 2.24) is 0 Å². The summed E-state index contributed by atoms with van der Waals surface area (Å²) in [5.74, 6) is 0.234. The summed E-state index contributed by atoms with van der Waals surface area (Å²) < 4.78 is 15.4. The van der Waals surface area contributed by atoms with E-state index >= 15 is 4.57 Å². The van der Waals surface area contributed by atoms with Gasteiger partial charge in [0.05, 0.1) is 0 Å². The zero-order valence-electron chi connectivity index (χ0n) is 23.1. The fourth-order valence-corrected chi connectivity index (χ4v) is 8.16. The predicted molar refractivity (Wildman–Crippen MR) is 152 cm³/mol. The Bertz CT molecular complexity index is 1300. The van der Waals surface area contributed by atoms with E-state index in [1.54, 1.807) is 24.3 Å². The second-order valence-electron chi connectivity index (χ2n) is 10.9. The summed E-state index contributed by atoms with van der Waals surface area (Å²) in [6.45, 7) is 18.1. The molecule has 0 aromatic heterocycles. The number of aryl methyl sites for hydroxylation is 3. The van der Waals surface area contributed by atoms with Crippen LogP contribution in [-0.4, -0.2) is 11.0 Å². The van der Waals surface area contributed by atoms with E-state index in [-0.39, 0.29) is 17.8 Å². The van der Waals surface area contributed by atoms with Gasteiger partial charge in [0.15, 0.2) is 0 Å². The highest BCUT2D eigenvalue weighted by Crippen LogP contribution is 2.55. The molecule has 3 nitrogen and oxygen atoms in total. The molecule has 190 valence electrons. The molecule has 0 aliphatic carbocycles. The fourth-order valence-electron chi connectivity index (χ4n) is 5.01. The van der Waals surface area contributed by atoms with Crippen LogP contribution in [0.25, 0.3) is 0 Å². The van der Waals surface area contributed by atoms with Crippen molar-refractivity contribution in [2.24, 2.45) is 0 Å². The minimum atomic E-state index is -4.28. The lowest BCUT2D eigenvalue weighted by molar-refractivity contribution is 0.104. The lowest BCUT2D eigenvalue weighted by Gasteiger charge is -2.28. The second-order valence-corrected chi connectivity index (χ2v) is 13.3. The lowest BCUT2D eigenvalue weighted by Crippen LogP contribution is -2.29. The molecule has 36 heavy (non-hydrogen) atoms. The first kappa shape index (κ1) is 27.8. The molecule has 0 N–H and O–H groups in total. The van der Waals surface area contributed by atoms with Gasteiger partial charge in [-0.25, -0.2) is 0 Å². The highest BCUT2D eigenvalue weighted by Gasteiger charge is 2.47. The van der Waals surface area contributed by atoms with Crippen molar-refractivity contribution in [3.8, 4) is 0 Å². The molecule has 3 aromatic rings. The molecule has 0 amide bonds.